The van der Waals surface area contributed by atoms with Gasteiger partial charge in [-0.3, -0.25) is 4.79 Å². The Bertz CT molecular complexity index is 394. The van der Waals surface area contributed by atoms with E-state index in [1.165, 1.54) is 20.5 Å². The third-order valence-electron chi connectivity index (χ3n) is 4.27. The average molecular weight is 299 g/mol. The van der Waals surface area contributed by atoms with Crippen LogP contribution in [0.1, 0.15) is 53.4 Å². The van der Waals surface area contributed by atoms with Gasteiger partial charge in [-0.05, 0) is 43.4 Å². The highest BCUT2D eigenvalue weighted by Gasteiger charge is 2.37. The van der Waals surface area contributed by atoms with Gasteiger partial charge in [0.15, 0.2) is 5.54 Å². The summed E-state index contributed by atoms with van der Waals surface area (Å²) >= 11 is 0. The molecule has 1 saturated carbocycles. The Hall–Kier alpha value is -1.10. The molecule has 3 unspecified atom stereocenters. The molecular formula is C16H29NO4. The monoisotopic (exact) mass is 299 g/mol. The number of rotatable bonds is 6. The minimum atomic E-state index is -1.36. The second-order valence-electron chi connectivity index (χ2n) is 7.60. The highest BCUT2D eigenvalue weighted by Crippen LogP contribution is 2.42. The van der Waals surface area contributed by atoms with Crippen molar-refractivity contribution in [3.63, 3.8) is 0 Å². The highest BCUT2D eigenvalue weighted by molar-refractivity contribution is 5.86. The fourth-order valence-electron chi connectivity index (χ4n) is 3.76. The van der Waals surface area contributed by atoms with Crippen LogP contribution in [0.3, 0.4) is 0 Å². The molecule has 0 radical (unpaired) electrons. The summed E-state index contributed by atoms with van der Waals surface area (Å²) < 4.78 is 4.91. The summed E-state index contributed by atoms with van der Waals surface area (Å²) in [5, 5.41) is 11.9. The molecule has 0 saturated heterocycles. The van der Waals surface area contributed by atoms with E-state index in [1.54, 1.807) is 0 Å². The van der Waals surface area contributed by atoms with Gasteiger partial charge >= 0.3 is 5.97 Å². The molecule has 21 heavy (non-hydrogen) atoms. The largest absolute Gasteiger partial charge is 0.479 e. The maximum absolute atomic E-state index is 12.2. The molecule has 5 nitrogen and oxygen atoms in total. The van der Waals surface area contributed by atoms with Crippen molar-refractivity contribution >= 4 is 11.9 Å². The van der Waals surface area contributed by atoms with Crippen molar-refractivity contribution in [1.29, 1.82) is 0 Å². The van der Waals surface area contributed by atoms with Crippen molar-refractivity contribution in [2.75, 3.05) is 13.7 Å². The quantitative estimate of drug-likeness (QED) is 0.790. The third-order valence-corrected chi connectivity index (χ3v) is 4.27. The van der Waals surface area contributed by atoms with Crippen LogP contribution in [0.2, 0.25) is 0 Å². The topological polar surface area (TPSA) is 75.6 Å². The minimum Gasteiger partial charge on any atom is -0.479 e. The van der Waals surface area contributed by atoms with E-state index in [0.717, 1.165) is 12.8 Å². The van der Waals surface area contributed by atoms with E-state index >= 15 is 0 Å². The number of carbonyl (C=O) groups excluding carboxylic acids is 1. The summed E-state index contributed by atoms with van der Waals surface area (Å²) in [5.41, 5.74) is -1.10. The summed E-state index contributed by atoms with van der Waals surface area (Å²) in [6.07, 6.45) is 3.62. The molecule has 1 aliphatic carbocycles. The SMILES string of the molecule is COCC(C)(NC(=O)CC1CC(C)CC(C)(C)C1)C(=O)O. The van der Waals surface area contributed by atoms with Gasteiger partial charge in [-0.1, -0.05) is 20.8 Å². The van der Waals surface area contributed by atoms with Crippen LogP contribution in [0.15, 0.2) is 0 Å². The number of nitrogens with one attached hydrogen (secondary N) is 1. The van der Waals surface area contributed by atoms with Gasteiger partial charge in [0.05, 0.1) is 6.61 Å². The second-order valence-corrected chi connectivity index (χ2v) is 7.60. The van der Waals surface area contributed by atoms with Gasteiger partial charge in [0, 0.05) is 13.5 Å². The van der Waals surface area contributed by atoms with Gasteiger partial charge in [0.1, 0.15) is 0 Å². The number of ether oxygens (including phenoxy) is 1. The molecule has 5 heteroatoms. The first-order chi connectivity index (χ1) is 9.58. The Morgan fingerprint density at radius 1 is 1.38 bits per heavy atom. The number of hydrogen-bond donors (Lipinski definition) is 2. The smallest absolute Gasteiger partial charge is 0.331 e. The average Bonchev–Trinajstić information content (AvgIpc) is 2.25. The molecule has 0 aromatic carbocycles. The maximum Gasteiger partial charge on any atom is 0.331 e. The standard InChI is InChI=1S/C16H29NO4/c1-11-6-12(9-15(2,3)8-11)7-13(18)17-16(4,10-21-5)14(19)20/h11-12H,6-10H2,1-5H3,(H,17,18)(H,19,20). The van der Waals surface area contributed by atoms with E-state index < -0.39 is 11.5 Å². The lowest BCUT2D eigenvalue weighted by molar-refractivity contribution is -0.149. The first-order valence-electron chi connectivity index (χ1n) is 7.61. The lowest BCUT2D eigenvalue weighted by atomic mass is 9.67. The first-order valence-corrected chi connectivity index (χ1v) is 7.61. The molecule has 1 fully saturated rings. The van der Waals surface area contributed by atoms with Crippen LogP contribution in [-0.4, -0.2) is 36.2 Å². The summed E-state index contributed by atoms with van der Waals surface area (Å²) in [6, 6.07) is 0. The highest BCUT2D eigenvalue weighted by atomic mass is 16.5. The van der Waals surface area contributed by atoms with Crippen LogP contribution in [0.25, 0.3) is 0 Å². The molecule has 0 spiro atoms. The third kappa shape index (κ3) is 5.30. The van der Waals surface area contributed by atoms with Gasteiger partial charge in [-0.15, -0.1) is 0 Å². The van der Waals surface area contributed by atoms with E-state index in [4.69, 9.17) is 4.74 Å². The van der Waals surface area contributed by atoms with E-state index in [-0.39, 0.29) is 17.9 Å². The minimum absolute atomic E-state index is 0.0410. The van der Waals surface area contributed by atoms with Gasteiger partial charge in [-0.25, -0.2) is 4.79 Å². The number of carboxylic acid groups (broad SMARTS) is 1. The normalized spacial score (nSPS) is 27.7. The zero-order chi connectivity index (χ0) is 16.3. The number of amides is 1. The Morgan fingerprint density at radius 2 is 2.00 bits per heavy atom. The number of carbonyl (C=O) groups is 2. The molecule has 1 aliphatic rings. The summed E-state index contributed by atoms with van der Waals surface area (Å²) in [5.74, 6) is -0.345. The molecule has 0 bridgehead atoms. The van der Waals surface area contributed by atoms with Crippen LogP contribution in [-0.2, 0) is 14.3 Å². The number of carboxylic acids is 1. The van der Waals surface area contributed by atoms with E-state index in [9.17, 15) is 14.7 Å². The van der Waals surface area contributed by atoms with Crippen LogP contribution in [0.5, 0.6) is 0 Å². The van der Waals surface area contributed by atoms with Gasteiger partial charge in [0.2, 0.25) is 5.91 Å². The predicted molar refractivity (Wildman–Crippen MR) is 81.0 cm³/mol. The number of methoxy groups -OCH3 is 1. The van der Waals surface area contributed by atoms with Gasteiger partial charge in [-0.2, -0.15) is 0 Å². The van der Waals surface area contributed by atoms with Crippen LogP contribution < -0.4 is 5.32 Å². The van der Waals surface area contributed by atoms with E-state index in [2.05, 4.69) is 26.1 Å². The molecule has 122 valence electrons. The molecule has 0 heterocycles. The van der Waals surface area contributed by atoms with Crippen LogP contribution >= 0.6 is 0 Å². The van der Waals surface area contributed by atoms with Crippen molar-refractivity contribution in [2.24, 2.45) is 17.3 Å². The van der Waals surface area contributed by atoms with Gasteiger partial charge < -0.3 is 15.2 Å². The van der Waals surface area contributed by atoms with Crippen molar-refractivity contribution < 1.29 is 19.4 Å². The second kappa shape index (κ2) is 6.77. The van der Waals surface area contributed by atoms with Crippen LogP contribution in [0.4, 0.5) is 0 Å². The zero-order valence-electron chi connectivity index (χ0n) is 13.9. The number of hydrogen-bond acceptors (Lipinski definition) is 3. The maximum atomic E-state index is 12.2. The van der Waals surface area contributed by atoms with Crippen molar-refractivity contribution in [2.45, 2.75) is 58.9 Å². The lowest BCUT2D eigenvalue weighted by Crippen LogP contribution is -2.55. The Labute approximate surface area is 127 Å². The predicted octanol–water partition coefficient (Wildman–Crippen LogP) is 2.44. The van der Waals surface area contributed by atoms with Crippen LogP contribution in [0, 0.1) is 17.3 Å². The lowest BCUT2D eigenvalue weighted by Gasteiger charge is -2.39. The molecule has 2 N–H and O–H groups in total. The van der Waals surface area contributed by atoms with Crippen molar-refractivity contribution in [3.8, 4) is 0 Å². The molecule has 0 aromatic heterocycles. The Kier molecular flexibility index (Phi) is 5.79. The molecule has 3 atom stereocenters. The summed E-state index contributed by atoms with van der Waals surface area (Å²) in [6.45, 7) is 8.13. The fourth-order valence-corrected chi connectivity index (χ4v) is 3.76. The molecule has 0 aliphatic heterocycles. The molecule has 0 aromatic rings. The summed E-state index contributed by atoms with van der Waals surface area (Å²) in [7, 11) is 1.43. The Morgan fingerprint density at radius 3 is 2.48 bits per heavy atom. The van der Waals surface area contributed by atoms with Crippen molar-refractivity contribution in [1.82, 2.24) is 5.32 Å². The Balaban J connectivity index is 2.62. The fraction of sp³-hybridized carbons (Fsp3) is 0.875. The molecule has 1 rings (SSSR count). The van der Waals surface area contributed by atoms with Gasteiger partial charge in [0.25, 0.3) is 0 Å². The van der Waals surface area contributed by atoms with Crippen molar-refractivity contribution in [3.05, 3.63) is 0 Å². The molecule has 1 amide bonds. The summed E-state index contributed by atoms with van der Waals surface area (Å²) in [4.78, 5) is 23.5. The number of aliphatic carboxylic acids is 1. The molecular weight excluding hydrogens is 270 g/mol. The van der Waals surface area contributed by atoms with E-state index in [0.29, 0.717) is 18.3 Å². The first kappa shape index (κ1) is 18.0. The van der Waals surface area contributed by atoms with E-state index in [1.807, 2.05) is 0 Å². The zero-order valence-corrected chi connectivity index (χ0v) is 13.9.